The summed E-state index contributed by atoms with van der Waals surface area (Å²) in [5.41, 5.74) is 2.96. The molecule has 1 aliphatic heterocycles. The molecular formula is C24H24N4O5. The van der Waals surface area contributed by atoms with Crippen LogP contribution < -0.4 is 10.1 Å². The molecule has 1 unspecified atom stereocenters. The van der Waals surface area contributed by atoms with Crippen molar-refractivity contribution in [2.75, 3.05) is 12.4 Å². The molecule has 0 saturated heterocycles. The highest BCUT2D eigenvalue weighted by Crippen LogP contribution is 2.31. The Morgan fingerprint density at radius 3 is 2.67 bits per heavy atom. The maximum atomic E-state index is 12.7. The van der Waals surface area contributed by atoms with Crippen LogP contribution in [-0.4, -0.2) is 39.9 Å². The van der Waals surface area contributed by atoms with Crippen LogP contribution in [0.1, 0.15) is 41.4 Å². The molecule has 1 aromatic heterocycles. The van der Waals surface area contributed by atoms with Crippen LogP contribution in [-0.2, 0) is 11.3 Å². The number of benzene rings is 2. The Hall–Kier alpha value is -4.14. The molecule has 170 valence electrons. The number of carbonyl (C=O) groups excluding carboxylic acids is 2. The zero-order chi connectivity index (χ0) is 23.4. The standard InChI is InChI=1S/C24H24N4O5/c1-3-16-13-22(30)28(27-23(16)17-6-9-20(32-2)19(29)12-17)14-15-4-7-18(8-5-15)26-24(31)21-10-11-25-33-21/h4-12,16,29H,3,13-14H2,1-2H3,(H,26,31). The smallest absolute Gasteiger partial charge is 0.294 e. The molecule has 0 aliphatic carbocycles. The number of methoxy groups -OCH3 is 1. The fourth-order valence-corrected chi connectivity index (χ4v) is 3.68. The molecule has 1 atom stereocenters. The number of hydrogen-bond acceptors (Lipinski definition) is 7. The minimum Gasteiger partial charge on any atom is -0.504 e. The van der Waals surface area contributed by atoms with Gasteiger partial charge >= 0.3 is 0 Å². The predicted octanol–water partition coefficient (Wildman–Crippen LogP) is 3.80. The summed E-state index contributed by atoms with van der Waals surface area (Å²) >= 11 is 0. The van der Waals surface area contributed by atoms with Gasteiger partial charge in [-0.3, -0.25) is 9.59 Å². The molecule has 2 N–H and O–H groups in total. The van der Waals surface area contributed by atoms with Crippen LogP contribution in [0.3, 0.4) is 0 Å². The summed E-state index contributed by atoms with van der Waals surface area (Å²) in [5, 5.41) is 22.5. The van der Waals surface area contributed by atoms with Crippen molar-refractivity contribution in [3.63, 3.8) is 0 Å². The monoisotopic (exact) mass is 448 g/mol. The van der Waals surface area contributed by atoms with Crippen molar-refractivity contribution in [2.45, 2.75) is 26.3 Å². The van der Waals surface area contributed by atoms with Gasteiger partial charge in [0.2, 0.25) is 11.7 Å². The zero-order valence-electron chi connectivity index (χ0n) is 18.3. The molecule has 0 spiro atoms. The van der Waals surface area contributed by atoms with Gasteiger partial charge in [-0.25, -0.2) is 5.01 Å². The van der Waals surface area contributed by atoms with Crippen molar-refractivity contribution in [1.82, 2.24) is 10.2 Å². The SMILES string of the molecule is CCC1CC(=O)N(Cc2ccc(NC(=O)c3ccno3)cc2)N=C1c1ccc(OC)c(O)c1. The molecule has 1 aliphatic rings. The third-order valence-corrected chi connectivity index (χ3v) is 5.50. The topological polar surface area (TPSA) is 117 Å². The van der Waals surface area contributed by atoms with Crippen molar-refractivity contribution in [3.05, 3.63) is 71.6 Å². The minimum absolute atomic E-state index is 0.0268. The number of anilines is 1. The van der Waals surface area contributed by atoms with Crippen LogP contribution in [0, 0.1) is 5.92 Å². The Balaban J connectivity index is 1.51. The van der Waals surface area contributed by atoms with Crippen LogP contribution in [0.15, 0.2) is 64.4 Å². The summed E-state index contributed by atoms with van der Waals surface area (Å²) in [7, 11) is 1.49. The Morgan fingerprint density at radius 2 is 2.03 bits per heavy atom. The highest BCUT2D eigenvalue weighted by molar-refractivity contribution is 6.06. The third-order valence-electron chi connectivity index (χ3n) is 5.50. The van der Waals surface area contributed by atoms with Gasteiger partial charge in [0, 0.05) is 29.7 Å². The Morgan fingerprint density at radius 1 is 1.24 bits per heavy atom. The summed E-state index contributed by atoms with van der Waals surface area (Å²) in [6.45, 7) is 2.30. The maximum Gasteiger partial charge on any atom is 0.294 e. The van der Waals surface area contributed by atoms with E-state index in [-0.39, 0.29) is 29.9 Å². The van der Waals surface area contributed by atoms with E-state index in [1.54, 1.807) is 24.3 Å². The van der Waals surface area contributed by atoms with Crippen molar-refractivity contribution in [3.8, 4) is 11.5 Å². The van der Waals surface area contributed by atoms with Crippen molar-refractivity contribution in [2.24, 2.45) is 11.0 Å². The summed E-state index contributed by atoms with van der Waals surface area (Å²) in [6.07, 6.45) is 2.50. The van der Waals surface area contributed by atoms with Crippen LogP contribution in [0.25, 0.3) is 0 Å². The van der Waals surface area contributed by atoms with E-state index in [0.29, 0.717) is 17.9 Å². The van der Waals surface area contributed by atoms with Gasteiger partial charge in [0.25, 0.3) is 5.91 Å². The van der Waals surface area contributed by atoms with E-state index in [2.05, 4.69) is 15.6 Å². The average Bonchev–Trinajstić information content (AvgIpc) is 3.36. The van der Waals surface area contributed by atoms with Gasteiger partial charge in [0.15, 0.2) is 11.5 Å². The molecule has 3 aromatic rings. The van der Waals surface area contributed by atoms with E-state index in [1.807, 2.05) is 25.1 Å². The van der Waals surface area contributed by atoms with Gasteiger partial charge in [0.05, 0.1) is 25.6 Å². The van der Waals surface area contributed by atoms with Gasteiger partial charge in [0.1, 0.15) is 0 Å². The second kappa shape index (κ2) is 9.56. The van der Waals surface area contributed by atoms with Crippen LogP contribution >= 0.6 is 0 Å². The average molecular weight is 448 g/mol. The fourth-order valence-electron chi connectivity index (χ4n) is 3.68. The van der Waals surface area contributed by atoms with Gasteiger partial charge in [-0.2, -0.15) is 5.10 Å². The summed E-state index contributed by atoms with van der Waals surface area (Å²) in [4.78, 5) is 24.8. The van der Waals surface area contributed by atoms with Gasteiger partial charge < -0.3 is 19.7 Å². The van der Waals surface area contributed by atoms with Crippen molar-refractivity contribution in [1.29, 1.82) is 0 Å². The van der Waals surface area contributed by atoms with Crippen LogP contribution in [0.4, 0.5) is 5.69 Å². The number of hydrogen-bond donors (Lipinski definition) is 2. The normalized spacial score (nSPS) is 15.8. The van der Waals surface area contributed by atoms with Crippen molar-refractivity contribution < 1.29 is 24.0 Å². The molecule has 0 radical (unpaired) electrons. The second-order valence-electron chi connectivity index (χ2n) is 7.66. The lowest BCUT2D eigenvalue weighted by molar-refractivity contribution is -0.133. The number of phenols is 1. The van der Waals surface area contributed by atoms with Crippen LogP contribution in [0.2, 0.25) is 0 Å². The first kappa shape index (κ1) is 22.1. The van der Waals surface area contributed by atoms with E-state index in [0.717, 1.165) is 23.3 Å². The molecule has 9 heteroatoms. The molecule has 0 bridgehead atoms. The third kappa shape index (κ3) is 4.87. The zero-order valence-corrected chi connectivity index (χ0v) is 18.3. The molecular weight excluding hydrogens is 424 g/mol. The van der Waals surface area contributed by atoms with Gasteiger partial charge in [-0.05, 0) is 42.3 Å². The molecule has 33 heavy (non-hydrogen) atoms. The highest BCUT2D eigenvalue weighted by atomic mass is 16.5. The van der Waals surface area contributed by atoms with Crippen molar-refractivity contribution >= 4 is 23.2 Å². The van der Waals surface area contributed by atoms with E-state index < -0.39 is 5.91 Å². The summed E-state index contributed by atoms with van der Waals surface area (Å²) in [6, 6.07) is 13.8. The maximum absolute atomic E-state index is 12.7. The first-order chi connectivity index (χ1) is 16.0. The number of nitrogens with zero attached hydrogens (tertiary/aromatic N) is 3. The Labute approximate surface area is 190 Å². The molecule has 2 aromatic carbocycles. The number of phenolic OH excluding ortho intramolecular Hbond substituents is 1. The number of nitrogens with one attached hydrogen (secondary N) is 1. The summed E-state index contributed by atoms with van der Waals surface area (Å²) in [5.74, 6) is 0.0378. The predicted molar refractivity (Wildman–Crippen MR) is 121 cm³/mol. The van der Waals surface area contributed by atoms with E-state index >= 15 is 0 Å². The van der Waals surface area contributed by atoms with E-state index in [4.69, 9.17) is 9.26 Å². The molecule has 2 heterocycles. The minimum atomic E-state index is -0.394. The number of aromatic hydroxyl groups is 1. The Bertz CT molecular complexity index is 1170. The summed E-state index contributed by atoms with van der Waals surface area (Å²) < 4.78 is 9.97. The lowest BCUT2D eigenvalue weighted by Crippen LogP contribution is -2.36. The molecule has 0 saturated carbocycles. The number of carbonyl (C=O) groups is 2. The number of rotatable bonds is 7. The second-order valence-corrected chi connectivity index (χ2v) is 7.66. The highest BCUT2D eigenvalue weighted by Gasteiger charge is 2.29. The quantitative estimate of drug-likeness (QED) is 0.568. The largest absolute Gasteiger partial charge is 0.504 e. The van der Waals surface area contributed by atoms with Crippen LogP contribution in [0.5, 0.6) is 11.5 Å². The number of ether oxygens (including phenoxy) is 1. The molecule has 2 amide bonds. The lowest BCUT2D eigenvalue weighted by atomic mass is 9.89. The lowest BCUT2D eigenvalue weighted by Gasteiger charge is -2.29. The number of hydrazone groups is 1. The molecule has 9 nitrogen and oxygen atoms in total. The first-order valence-electron chi connectivity index (χ1n) is 10.6. The van der Waals surface area contributed by atoms with E-state index in [9.17, 15) is 14.7 Å². The molecule has 0 fully saturated rings. The number of aromatic nitrogens is 1. The fraction of sp³-hybridized carbons (Fsp3) is 0.250. The number of amides is 2. The van der Waals surface area contributed by atoms with Gasteiger partial charge in [-0.15, -0.1) is 0 Å². The van der Waals surface area contributed by atoms with E-state index in [1.165, 1.54) is 24.4 Å². The Kier molecular flexibility index (Phi) is 6.39. The molecule has 4 rings (SSSR count). The van der Waals surface area contributed by atoms with Gasteiger partial charge in [-0.1, -0.05) is 24.2 Å². The first-order valence-corrected chi connectivity index (χ1v) is 10.6.